The highest BCUT2D eigenvalue weighted by molar-refractivity contribution is 7.89. The van der Waals surface area contributed by atoms with Crippen LogP contribution in [0.3, 0.4) is 0 Å². The molecule has 6 nitrogen and oxygen atoms in total. The van der Waals surface area contributed by atoms with Crippen molar-refractivity contribution in [1.29, 1.82) is 0 Å². The van der Waals surface area contributed by atoms with E-state index in [2.05, 4.69) is 0 Å². The largest absolute Gasteiger partial charge is 0.488 e. The molecular formula is C16H25FN2O4S. The van der Waals surface area contributed by atoms with Gasteiger partial charge in [-0.3, -0.25) is 4.79 Å². The summed E-state index contributed by atoms with van der Waals surface area (Å²) in [5.41, 5.74) is 0. The van der Waals surface area contributed by atoms with Crippen molar-refractivity contribution in [2.45, 2.75) is 38.2 Å². The van der Waals surface area contributed by atoms with Crippen molar-refractivity contribution >= 4 is 15.9 Å². The van der Waals surface area contributed by atoms with Crippen molar-refractivity contribution < 1.29 is 22.3 Å². The van der Waals surface area contributed by atoms with Crippen molar-refractivity contribution in [1.82, 2.24) is 9.21 Å². The first-order chi connectivity index (χ1) is 11.1. The van der Waals surface area contributed by atoms with Crippen LogP contribution < -0.4 is 4.74 Å². The molecule has 0 fully saturated rings. The number of amides is 1. The maximum Gasteiger partial charge on any atom is 0.243 e. The Morgan fingerprint density at radius 2 is 1.92 bits per heavy atom. The Labute approximate surface area is 143 Å². The third-order valence-corrected chi connectivity index (χ3v) is 5.03. The average Bonchev–Trinajstić information content (AvgIpc) is 2.48. The summed E-state index contributed by atoms with van der Waals surface area (Å²) in [6.07, 6.45) is 0.313. The lowest BCUT2D eigenvalue weighted by molar-refractivity contribution is -0.128. The predicted octanol–water partition coefficient (Wildman–Crippen LogP) is 2.10. The Kier molecular flexibility index (Phi) is 7.16. The zero-order chi connectivity index (χ0) is 18.5. The van der Waals surface area contributed by atoms with Crippen molar-refractivity contribution in [3.8, 4) is 5.75 Å². The summed E-state index contributed by atoms with van der Waals surface area (Å²) in [6.45, 7) is 5.20. The minimum absolute atomic E-state index is 0.00430. The monoisotopic (exact) mass is 360 g/mol. The average molecular weight is 360 g/mol. The molecule has 0 aliphatic heterocycles. The van der Waals surface area contributed by atoms with Gasteiger partial charge in [0.1, 0.15) is 0 Å². The standard InChI is InChI=1S/C16H25FN2O4S/c1-6-9-19(11-16(20)18(4)5)24(21,22)13-7-8-15(14(17)10-13)23-12(2)3/h7-8,10,12H,6,9,11H2,1-5H3. The molecule has 0 spiro atoms. The molecule has 0 aromatic heterocycles. The zero-order valence-electron chi connectivity index (χ0n) is 14.7. The summed E-state index contributed by atoms with van der Waals surface area (Å²) < 4.78 is 45.9. The smallest absolute Gasteiger partial charge is 0.243 e. The molecule has 136 valence electrons. The fraction of sp³-hybridized carbons (Fsp3) is 0.562. The molecular weight excluding hydrogens is 335 g/mol. The van der Waals surface area contributed by atoms with Gasteiger partial charge in [-0.25, -0.2) is 12.8 Å². The predicted molar refractivity (Wildman–Crippen MR) is 89.9 cm³/mol. The maximum atomic E-state index is 14.1. The van der Waals surface area contributed by atoms with Gasteiger partial charge in [0.15, 0.2) is 11.6 Å². The molecule has 1 aromatic carbocycles. The molecule has 0 heterocycles. The molecule has 0 atom stereocenters. The number of benzene rings is 1. The van der Waals surface area contributed by atoms with Crippen LogP contribution in [0, 0.1) is 5.82 Å². The van der Waals surface area contributed by atoms with E-state index in [9.17, 15) is 17.6 Å². The number of ether oxygens (including phenoxy) is 1. The number of sulfonamides is 1. The van der Waals surface area contributed by atoms with Crippen molar-refractivity contribution in [3.05, 3.63) is 24.0 Å². The molecule has 0 aliphatic rings. The molecule has 0 bridgehead atoms. The fourth-order valence-corrected chi connectivity index (χ4v) is 3.46. The van der Waals surface area contributed by atoms with Gasteiger partial charge in [-0.2, -0.15) is 4.31 Å². The number of hydrogen-bond donors (Lipinski definition) is 0. The topological polar surface area (TPSA) is 66.9 Å². The summed E-state index contributed by atoms with van der Waals surface area (Å²) in [5.74, 6) is -1.09. The van der Waals surface area contributed by atoms with E-state index in [1.807, 2.05) is 6.92 Å². The minimum atomic E-state index is -3.97. The third kappa shape index (κ3) is 5.17. The highest BCUT2D eigenvalue weighted by atomic mass is 32.2. The highest BCUT2D eigenvalue weighted by Gasteiger charge is 2.27. The summed E-state index contributed by atoms with van der Waals surface area (Å²) in [4.78, 5) is 13.0. The van der Waals surface area contributed by atoms with Crippen LogP contribution in [0.4, 0.5) is 4.39 Å². The number of likely N-dealkylation sites (N-methyl/N-ethyl adjacent to an activating group) is 1. The number of nitrogens with zero attached hydrogens (tertiary/aromatic N) is 2. The van der Waals surface area contributed by atoms with Crippen LogP contribution in [-0.2, 0) is 14.8 Å². The van der Waals surface area contributed by atoms with Crippen LogP contribution in [-0.4, -0.2) is 56.8 Å². The lowest BCUT2D eigenvalue weighted by atomic mass is 10.3. The van der Waals surface area contributed by atoms with Gasteiger partial charge in [-0.15, -0.1) is 0 Å². The highest BCUT2D eigenvalue weighted by Crippen LogP contribution is 2.24. The van der Waals surface area contributed by atoms with Gasteiger partial charge in [0.25, 0.3) is 0 Å². The van der Waals surface area contributed by atoms with Gasteiger partial charge in [0, 0.05) is 20.6 Å². The SMILES string of the molecule is CCCN(CC(=O)N(C)C)S(=O)(=O)c1ccc(OC(C)C)c(F)c1. The van der Waals surface area contributed by atoms with E-state index in [4.69, 9.17) is 4.74 Å². The molecule has 0 aliphatic carbocycles. The first kappa shape index (κ1) is 20.4. The fourth-order valence-electron chi connectivity index (χ4n) is 1.97. The van der Waals surface area contributed by atoms with Gasteiger partial charge in [0.05, 0.1) is 17.5 Å². The number of rotatable bonds is 8. The molecule has 1 amide bonds. The zero-order valence-corrected chi connectivity index (χ0v) is 15.6. The second kappa shape index (κ2) is 8.43. The van der Waals surface area contributed by atoms with E-state index in [0.29, 0.717) is 6.42 Å². The van der Waals surface area contributed by atoms with E-state index < -0.39 is 15.8 Å². The first-order valence-electron chi connectivity index (χ1n) is 7.76. The second-order valence-electron chi connectivity index (χ2n) is 5.89. The second-order valence-corrected chi connectivity index (χ2v) is 7.82. The molecule has 0 radical (unpaired) electrons. The molecule has 8 heteroatoms. The number of carbonyl (C=O) groups is 1. The van der Waals surface area contributed by atoms with E-state index in [1.165, 1.54) is 17.0 Å². The Balaban J connectivity index is 3.15. The summed E-state index contributed by atoms with van der Waals surface area (Å²) >= 11 is 0. The minimum Gasteiger partial charge on any atom is -0.488 e. The summed E-state index contributed by atoms with van der Waals surface area (Å²) in [6, 6.07) is 3.51. The Morgan fingerprint density at radius 3 is 2.38 bits per heavy atom. The Hall–Kier alpha value is -1.67. The lowest BCUT2D eigenvalue weighted by Gasteiger charge is -2.23. The Bertz CT molecular complexity index is 675. The van der Waals surface area contributed by atoms with Gasteiger partial charge < -0.3 is 9.64 Å². The number of hydrogen-bond acceptors (Lipinski definition) is 4. The third-order valence-electron chi connectivity index (χ3n) is 3.19. The number of halogens is 1. The van der Waals surface area contributed by atoms with Gasteiger partial charge >= 0.3 is 0 Å². The van der Waals surface area contributed by atoms with Crippen LogP contribution in [0.2, 0.25) is 0 Å². The molecule has 0 saturated heterocycles. The molecule has 24 heavy (non-hydrogen) atoms. The van der Waals surface area contributed by atoms with Crippen molar-refractivity contribution in [2.75, 3.05) is 27.2 Å². The van der Waals surface area contributed by atoms with E-state index in [1.54, 1.807) is 27.9 Å². The van der Waals surface area contributed by atoms with E-state index in [-0.39, 0.29) is 35.7 Å². The number of carbonyl (C=O) groups excluding carboxylic acids is 1. The molecule has 0 unspecified atom stereocenters. The molecule has 0 N–H and O–H groups in total. The Morgan fingerprint density at radius 1 is 1.29 bits per heavy atom. The van der Waals surface area contributed by atoms with Crippen LogP contribution >= 0.6 is 0 Å². The van der Waals surface area contributed by atoms with Gasteiger partial charge in [0.2, 0.25) is 15.9 Å². The first-order valence-corrected chi connectivity index (χ1v) is 9.20. The van der Waals surface area contributed by atoms with Crippen LogP contribution in [0.25, 0.3) is 0 Å². The molecule has 1 rings (SSSR count). The summed E-state index contributed by atoms with van der Waals surface area (Å²) in [5, 5.41) is 0. The van der Waals surface area contributed by atoms with E-state index in [0.717, 1.165) is 10.4 Å². The van der Waals surface area contributed by atoms with Crippen LogP contribution in [0.15, 0.2) is 23.1 Å². The molecule has 1 aromatic rings. The van der Waals surface area contributed by atoms with Crippen molar-refractivity contribution in [3.63, 3.8) is 0 Å². The van der Waals surface area contributed by atoms with Crippen molar-refractivity contribution in [2.24, 2.45) is 0 Å². The maximum absolute atomic E-state index is 14.1. The molecule has 0 saturated carbocycles. The van der Waals surface area contributed by atoms with Crippen LogP contribution in [0.5, 0.6) is 5.75 Å². The van der Waals surface area contributed by atoms with Gasteiger partial charge in [-0.05, 0) is 38.5 Å². The lowest BCUT2D eigenvalue weighted by Crippen LogP contribution is -2.40. The normalized spacial score (nSPS) is 11.8. The van der Waals surface area contributed by atoms with Crippen LogP contribution in [0.1, 0.15) is 27.2 Å². The quantitative estimate of drug-likeness (QED) is 0.712. The van der Waals surface area contributed by atoms with E-state index >= 15 is 0 Å². The summed E-state index contributed by atoms with van der Waals surface area (Å²) in [7, 11) is -0.865. The van der Waals surface area contributed by atoms with Gasteiger partial charge in [-0.1, -0.05) is 6.92 Å².